The van der Waals surface area contributed by atoms with Gasteiger partial charge in [0.15, 0.2) is 0 Å². The normalized spacial score (nSPS) is 14.1. The van der Waals surface area contributed by atoms with E-state index in [0.717, 1.165) is 10.6 Å². The molecule has 0 spiro atoms. The highest BCUT2D eigenvalue weighted by Crippen LogP contribution is 2.53. The Morgan fingerprint density at radius 1 is 1.37 bits per heavy atom. The summed E-state index contributed by atoms with van der Waals surface area (Å²) < 4.78 is 4.93. The number of ether oxygens (including phenoxy) is 1. The fourth-order valence-corrected chi connectivity index (χ4v) is 4.99. The zero-order valence-electron chi connectivity index (χ0n) is 17.8. The summed E-state index contributed by atoms with van der Waals surface area (Å²) in [5.41, 5.74) is 4.63. The monoisotopic (exact) mass is 425 g/mol. The van der Waals surface area contributed by atoms with E-state index in [2.05, 4.69) is 48.3 Å². The van der Waals surface area contributed by atoms with Crippen LogP contribution in [0.15, 0.2) is 30.0 Å². The molecule has 158 valence electrons. The number of nitrogens with one attached hydrogen (secondary N) is 1. The van der Waals surface area contributed by atoms with Crippen LogP contribution in [0.2, 0.25) is 0 Å². The molecule has 0 saturated carbocycles. The minimum absolute atomic E-state index is 0.0741. The molecule has 1 aromatic heterocycles. The van der Waals surface area contributed by atoms with Crippen LogP contribution in [0.3, 0.4) is 0 Å². The number of aliphatic hydroxyl groups is 1. The van der Waals surface area contributed by atoms with E-state index in [1.165, 1.54) is 21.6 Å². The number of methoxy groups -OCH3 is 1. The van der Waals surface area contributed by atoms with Crippen molar-refractivity contribution in [2.24, 2.45) is 0 Å². The smallest absolute Gasteiger partial charge is 0.251 e. The summed E-state index contributed by atoms with van der Waals surface area (Å²) in [7, 11) is 3.54. The standard InChI is InChI=1S/C23H27N3O3S/c1-23(2)18-12-15(26(4)9-10-27)6-7-17(18)21-19(23)13-16(30-21)14-20(24-3)22(28)25-8-11-29-5/h6-7,12-14,27H,8-11H2,1-2,4-5H3,(H,25,28)/b20-14-. The second-order valence-corrected chi connectivity index (χ2v) is 8.87. The number of fused-ring (bicyclic) bond motifs is 3. The minimum atomic E-state index is -0.383. The molecule has 0 unspecified atom stereocenters. The van der Waals surface area contributed by atoms with Gasteiger partial charge in [-0.3, -0.25) is 4.79 Å². The van der Waals surface area contributed by atoms with Gasteiger partial charge in [-0.2, -0.15) is 0 Å². The maximum atomic E-state index is 12.2. The van der Waals surface area contributed by atoms with Gasteiger partial charge in [-0.25, -0.2) is 4.85 Å². The largest absolute Gasteiger partial charge is 0.395 e. The van der Waals surface area contributed by atoms with Crippen molar-refractivity contribution in [3.05, 3.63) is 57.4 Å². The van der Waals surface area contributed by atoms with E-state index in [4.69, 9.17) is 11.3 Å². The number of carbonyl (C=O) groups is 1. The highest BCUT2D eigenvalue weighted by Gasteiger charge is 2.37. The minimum Gasteiger partial charge on any atom is -0.395 e. The van der Waals surface area contributed by atoms with Crippen molar-refractivity contribution >= 4 is 29.0 Å². The van der Waals surface area contributed by atoms with Crippen LogP contribution in [0, 0.1) is 6.57 Å². The molecule has 2 aromatic rings. The van der Waals surface area contributed by atoms with E-state index in [1.807, 2.05) is 11.9 Å². The number of anilines is 1. The number of hydrogen-bond donors (Lipinski definition) is 2. The summed E-state index contributed by atoms with van der Waals surface area (Å²) >= 11 is 1.60. The van der Waals surface area contributed by atoms with E-state index in [0.29, 0.717) is 19.7 Å². The van der Waals surface area contributed by atoms with Gasteiger partial charge in [0.25, 0.3) is 5.70 Å². The molecule has 0 bridgehead atoms. The second-order valence-electron chi connectivity index (χ2n) is 7.78. The van der Waals surface area contributed by atoms with Gasteiger partial charge in [-0.1, -0.05) is 19.9 Å². The van der Waals surface area contributed by atoms with E-state index in [1.54, 1.807) is 24.5 Å². The van der Waals surface area contributed by atoms with Gasteiger partial charge in [0.1, 0.15) is 0 Å². The Balaban J connectivity index is 1.93. The number of amides is 1. The van der Waals surface area contributed by atoms with Gasteiger partial charge in [-0.15, -0.1) is 11.3 Å². The summed E-state index contributed by atoms with van der Waals surface area (Å²) in [5.74, 6) is -0.383. The number of rotatable bonds is 8. The predicted octanol–water partition coefficient (Wildman–Crippen LogP) is 3.51. The van der Waals surface area contributed by atoms with Crippen molar-refractivity contribution in [3.63, 3.8) is 0 Å². The van der Waals surface area contributed by atoms with Gasteiger partial charge < -0.3 is 20.1 Å². The van der Waals surface area contributed by atoms with Crippen LogP contribution in [-0.2, 0) is 14.9 Å². The maximum Gasteiger partial charge on any atom is 0.251 e. The van der Waals surface area contributed by atoms with Crippen molar-refractivity contribution in [2.75, 3.05) is 45.4 Å². The summed E-state index contributed by atoms with van der Waals surface area (Å²) in [6.07, 6.45) is 1.66. The number of aliphatic hydroxyl groups excluding tert-OH is 1. The van der Waals surface area contributed by atoms with E-state index >= 15 is 0 Å². The van der Waals surface area contributed by atoms with Gasteiger partial charge in [0, 0.05) is 48.1 Å². The zero-order chi connectivity index (χ0) is 21.9. The van der Waals surface area contributed by atoms with Gasteiger partial charge in [-0.05, 0) is 41.0 Å². The lowest BCUT2D eigenvalue weighted by Crippen LogP contribution is -2.27. The Morgan fingerprint density at radius 3 is 2.80 bits per heavy atom. The SMILES string of the molecule is [C-]#[N+]/C(=C\c1cc2c(s1)-c1ccc(N(C)CCO)cc1C2(C)C)C(=O)NCCOC. The number of nitrogens with zero attached hydrogens (tertiary/aromatic N) is 2. The fourth-order valence-electron chi connectivity index (χ4n) is 3.70. The highest BCUT2D eigenvalue weighted by molar-refractivity contribution is 7.16. The van der Waals surface area contributed by atoms with Crippen LogP contribution in [0.1, 0.15) is 29.9 Å². The lowest BCUT2D eigenvalue weighted by Gasteiger charge is -2.24. The molecule has 0 fully saturated rings. The van der Waals surface area contributed by atoms with Gasteiger partial charge in [0.05, 0.1) is 19.8 Å². The molecular formula is C23H27N3O3S. The van der Waals surface area contributed by atoms with E-state index < -0.39 is 0 Å². The Hall–Kier alpha value is -2.66. The third-order valence-corrected chi connectivity index (χ3v) is 6.56. The molecule has 7 heteroatoms. The molecule has 2 N–H and O–H groups in total. The Morgan fingerprint density at radius 2 is 2.13 bits per heavy atom. The van der Waals surface area contributed by atoms with Crippen LogP contribution in [0.4, 0.5) is 5.69 Å². The molecule has 3 rings (SSSR count). The van der Waals surface area contributed by atoms with Crippen LogP contribution >= 0.6 is 11.3 Å². The Kier molecular flexibility index (Phi) is 6.61. The van der Waals surface area contributed by atoms with Crippen LogP contribution in [0.25, 0.3) is 21.4 Å². The van der Waals surface area contributed by atoms with E-state index in [9.17, 15) is 9.90 Å². The first-order valence-corrected chi connectivity index (χ1v) is 10.6. The number of hydrogen-bond acceptors (Lipinski definition) is 5. The number of benzene rings is 1. The molecule has 30 heavy (non-hydrogen) atoms. The van der Waals surface area contributed by atoms with Crippen molar-refractivity contribution in [2.45, 2.75) is 19.3 Å². The van der Waals surface area contributed by atoms with Crippen LogP contribution in [0.5, 0.6) is 0 Å². The van der Waals surface area contributed by atoms with Crippen molar-refractivity contribution in [3.8, 4) is 10.4 Å². The predicted molar refractivity (Wildman–Crippen MR) is 122 cm³/mol. The number of likely N-dealkylation sites (N-methyl/N-ethyl adjacent to an activating group) is 1. The number of thiophene rings is 1. The van der Waals surface area contributed by atoms with Gasteiger partial charge in [0.2, 0.25) is 5.91 Å². The molecule has 1 aliphatic carbocycles. The lowest BCUT2D eigenvalue weighted by atomic mass is 9.82. The van der Waals surface area contributed by atoms with Crippen molar-refractivity contribution < 1.29 is 14.6 Å². The third kappa shape index (κ3) is 4.12. The van der Waals surface area contributed by atoms with Gasteiger partial charge >= 0.3 is 0 Å². The van der Waals surface area contributed by atoms with Crippen LogP contribution in [-0.4, -0.2) is 51.5 Å². The summed E-state index contributed by atoms with van der Waals surface area (Å²) in [5, 5.41) is 11.9. The lowest BCUT2D eigenvalue weighted by molar-refractivity contribution is -0.117. The highest BCUT2D eigenvalue weighted by atomic mass is 32.1. The van der Waals surface area contributed by atoms with Crippen molar-refractivity contribution in [1.29, 1.82) is 0 Å². The average Bonchev–Trinajstić information content (AvgIpc) is 3.23. The first-order valence-electron chi connectivity index (χ1n) is 9.81. The second kappa shape index (κ2) is 9.00. The first-order chi connectivity index (χ1) is 14.3. The molecule has 0 radical (unpaired) electrons. The molecule has 0 saturated heterocycles. The average molecular weight is 426 g/mol. The maximum absolute atomic E-state index is 12.2. The topological polar surface area (TPSA) is 66.2 Å². The summed E-state index contributed by atoms with van der Waals surface area (Å²) in [6, 6.07) is 8.48. The molecule has 1 heterocycles. The molecule has 6 nitrogen and oxygen atoms in total. The molecule has 0 aliphatic heterocycles. The zero-order valence-corrected chi connectivity index (χ0v) is 18.6. The summed E-state index contributed by atoms with van der Waals surface area (Å²) in [6.45, 7) is 13.2. The third-order valence-electron chi connectivity index (χ3n) is 5.45. The fraction of sp³-hybridized carbons (Fsp3) is 0.391. The molecule has 0 atom stereocenters. The molecular weight excluding hydrogens is 398 g/mol. The Labute approximate surface area is 181 Å². The van der Waals surface area contributed by atoms with Crippen LogP contribution < -0.4 is 10.2 Å². The van der Waals surface area contributed by atoms with E-state index in [-0.39, 0.29) is 23.6 Å². The Bertz CT molecular complexity index is 1020. The first kappa shape index (κ1) is 22.0. The van der Waals surface area contributed by atoms with Crippen molar-refractivity contribution in [1.82, 2.24) is 5.32 Å². The molecule has 1 aromatic carbocycles. The number of carbonyl (C=O) groups excluding carboxylic acids is 1. The molecule has 1 amide bonds. The molecule has 1 aliphatic rings. The quantitative estimate of drug-likeness (QED) is 0.386. The summed E-state index contributed by atoms with van der Waals surface area (Å²) in [4.78, 5) is 19.8.